The molecule has 1 fully saturated rings. The number of nitrogens with one attached hydrogen (secondary N) is 1. The van der Waals surface area contributed by atoms with Crippen LogP contribution in [0.15, 0.2) is 6.07 Å². The van der Waals surface area contributed by atoms with Crippen LogP contribution in [-0.4, -0.2) is 36.6 Å². The highest BCUT2D eigenvalue weighted by Crippen LogP contribution is 2.28. The van der Waals surface area contributed by atoms with Gasteiger partial charge >= 0.3 is 0 Å². The van der Waals surface area contributed by atoms with Crippen molar-refractivity contribution >= 4 is 11.6 Å². The molecule has 1 aliphatic carbocycles. The van der Waals surface area contributed by atoms with Crippen molar-refractivity contribution in [1.29, 1.82) is 0 Å². The fraction of sp³-hybridized carbons (Fsp3) is 0.714. The molecule has 1 aromatic rings. The van der Waals surface area contributed by atoms with Crippen molar-refractivity contribution in [2.45, 2.75) is 32.6 Å². The fourth-order valence-electron chi connectivity index (χ4n) is 2.31. The minimum Gasteiger partial charge on any atom is -0.370 e. The number of hydrogen-bond donors (Lipinski definition) is 2. The Morgan fingerprint density at radius 1 is 1.42 bits per heavy atom. The summed E-state index contributed by atoms with van der Waals surface area (Å²) >= 11 is 0. The van der Waals surface area contributed by atoms with Gasteiger partial charge in [-0.3, -0.25) is 0 Å². The molecule has 19 heavy (non-hydrogen) atoms. The summed E-state index contributed by atoms with van der Waals surface area (Å²) in [6.45, 7) is 4.59. The third-order valence-electron chi connectivity index (χ3n) is 3.66. The minimum atomic E-state index is 0.700. The van der Waals surface area contributed by atoms with Gasteiger partial charge in [0.15, 0.2) is 0 Å². The fourth-order valence-corrected chi connectivity index (χ4v) is 2.31. The first kappa shape index (κ1) is 14.1. The topological polar surface area (TPSA) is 67.1 Å². The van der Waals surface area contributed by atoms with E-state index in [1.165, 1.54) is 19.3 Å². The molecule has 1 aliphatic rings. The van der Waals surface area contributed by atoms with Gasteiger partial charge < -0.3 is 16.0 Å². The Morgan fingerprint density at radius 2 is 2.21 bits per heavy atom. The third kappa shape index (κ3) is 4.06. The molecule has 0 radical (unpaired) electrons. The maximum Gasteiger partial charge on any atom is 0.134 e. The summed E-state index contributed by atoms with van der Waals surface area (Å²) in [5.74, 6) is 3.56. The number of aryl methyl sites for hydroxylation is 1. The summed E-state index contributed by atoms with van der Waals surface area (Å²) < 4.78 is 0. The van der Waals surface area contributed by atoms with Gasteiger partial charge in [-0.05, 0) is 38.6 Å². The van der Waals surface area contributed by atoms with Crippen molar-refractivity contribution in [3.63, 3.8) is 0 Å². The Balaban J connectivity index is 1.97. The molecule has 0 saturated heterocycles. The summed E-state index contributed by atoms with van der Waals surface area (Å²) in [4.78, 5) is 11.2. The predicted molar refractivity (Wildman–Crippen MR) is 79.5 cm³/mol. The van der Waals surface area contributed by atoms with Crippen molar-refractivity contribution in [1.82, 2.24) is 9.97 Å². The van der Waals surface area contributed by atoms with Crippen LogP contribution < -0.4 is 16.0 Å². The molecule has 0 aliphatic heterocycles. The average molecular weight is 263 g/mol. The van der Waals surface area contributed by atoms with Crippen LogP contribution >= 0.6 is 0 Å². The van der Waals surface area contributed by atoms with E-state index in [2.05, 4.69) is 27.2 Å². The molecule has 0 bridgehead atoms. The van der Waals surface area contributed by atoms with Gasteiger partial charge in [-0.25, -0.2) is 9.97 Å². The zero-order valence-electron chi connectivity index (χ0n) is 12.0. The highest BCUT2D eigenvalue weighted by molar-refractivity contribution is 5.49. The van der Waals surface area contributed by atoms with E-state index in [4.69, 9.17) is 5.73 Å². The Morgan fingerprint density at radius 3 is 2.84 bits per heavy atom. The maximum atomic E-state index is 5.50. The zero-order valence-corrected chi connectivity index (χ0v) is 12.0. The van der Waals surface area contributed by atoms with Crippen LogP contribution in [-0.2, 0) is 0 Å². The van der Waals surface area contributed by atoms with Crippen molar-refractivity contribution in [3.8, 4) is 0 Å². The molecule has 0 unspecified atom stereocenters. The van der Waals surface area contributed by atoms with Gasteiger partial charge in [0.05, 0.1) is 0 Å². The molecular weight excluding hydrogens is 238 g/mol. The van der Waals surface area contributed by atoms with Crippen LogP contribution in [0.25, 0.3) is 0 Å². The van der Waals surface area contributed by atoms with Gasteiger partial charge in [0.2, 0.25) is 0 Å². The van der Waals surface area contributed by atoms with Gasteiger partial charge in [0.1, 0.15) is 17.5 Å². The SMILES string of the molecule is Cc1nc(NCCCN)cc(N(C)CC2CCC2)n1. The summed E-state index contributed by atoms with van der Waals surface area (Å²) in [5, 5.41) is 3.31. The monoisotopic (exact) mass is 263 g/mol. The van der Waals surface area contributed by atoms with E-state index in [0.717, 1.165) is 42.9 Å². The van der Waals surface area contributed by atoms with E-state index < -0.39 is 0 Å². The molecule has 1 saturated carbocycles. The molecule has 2 rings (SSSR count). The molecule has 0 atom stereocenters. The Hall–Kier alpha value is -1.36. The molecule has 1 aromatic heterocycles. The number of nitrogens with two attached hydrogens (primary N) is 1. The Kier molecular flexibility index (Phi) is 4.96. The number of nitrogens with zero attached hydrogens (tertiary/aromatic N) is 3. The molecule has 3 N–H and O–H groups in total. The molecule has 1 heterocycles. The van der Waals surface area contributed by atoms with Crippen molar-refractivity contribution in [2.24, 2.45) is 11.7 Å². The quantitative estimate of drug-likeness (QED) is 0.734. The molecule has 5 heteroatoms. The van der Waals surface area contributed by atoms with Gasteiger partial charge in [-0.15, -0.1) is 0 Å². The second-order valence-corrected chi connectivity index (χ2v) is 5.41. The lowest BCUT2D eigenvalue weighted by atomic mass is 9.85. The van der Waals surface area contributed by atoms with Crippen LogP contribution in [0.2, 0.25) is 0 Å². The molecular formula is C14H25N5. The van der Waals surface area contributed by atoms with Gasteiger partial charge in [-0.1, -0.05) is 6.42 Å². The Bertz CT molecular complexity index is 403. The maximum absolute atomic E-state index is 5.50. The average Bonchev–Trinajstić information content (AvgIpc) is 2.33. The number of aromatic nitrogens is 2. The largest absolute Gasteiger partial charge is 0.370 e. The van der Waals surface area contributed by atoms with Crippen molar-refractivity contribution < 1.29 is 0 Å². The second-order valence-electron chi connectivity index (χ2n) is 5.41. The number of rotatable bonds is 7. The zero-order chi connectivity index (χ0) is 13.7. The molecule has 5 nitrogen and oxygen atoms in total. The van der Waals surface area contributed by atoms with E-state index in [1.807, 2.05) is 13.0 Å². The van der Waals surface area contributed by atoms with E-state index in [1.54, 1.807) is 0 Å². The standard InChI is InChI=1S/C14H25N5/c1-11-17-13(16-8-4-7-15)9-14(18-11)19(2)10-12-5-3-6-12/h9,12H,3-8,10,15H2,1-2H3,(H,16,17,18). The normalized spacial score (nSPS) is 15.1. The van der Waals surface area contributed by atoms with Crippen molar-refractivity contribution in [2.75, 3.05) is 36.9 Å². The minimum absolute atomic E-state index is 0.700. The van der Waals surface area contributed by atoms with E-state index >= 15 is 0 Å². The van der Waals surface area contributed by atoms with Crippen LogP contribution in [0.5, 0.6) is 0 Å². The lowest BCUT2D eigenvalue weighted by Gasteiger charge is -2.30. The van der Waals surface area contributed by atoms with E-state index in [0.29, 0.717) is 6.54 Å². The lowest BCUT2D eigenvalue weighted by Crippen LogP contribution is -2.30. The van der Waals surface area contributed by atoms with E-state index in [-0.39, 0.29) is 0 Å². The van der Waals surface area contributed by atoms with Crippen LogP contribution in [0.4, 0.5) is 11.6 Å². The highest BCUT2D eigenvalue weighted by atomic mass is 15.2. The first-order chi connectivity index (χ1) is 9.19. The van der Waals surface area contributed by atoms with Gasteiger partial charge in [-0.2, -0.15) is 0 Å². The molecule has 0 spiro atoms. The number of anilines is 2. The summed E-state index contributed by atoms with van der Waals surface area (Å²) in [6, 6.07) is 2.03. The van der Waals surface area contributed by atoms with E-state index in [9.17, 15) is 0 Å². The van der Waals surface area contributed by atoms with Gasteiger partial charge in [0.25, 0.3) is 0 Å². The van der Waals surface area contributed by atoms with Crippen LogP contribution in [0.1, 0.15) is 31.5 Å². The molecule has 106 valence electrons. The summed E-state index contributed by atoms with van der Waals surface area (Å²) in [7, 11) is 2.11. The van der Waals surface area contributed by atoms with Gasteiger partial charge in [0, 0.05) is 26.2 Å². The lowest BCUT2D eigenvalue weighted by molar-refractivity contribution is 0.321. The smallest absolute Gasteiger partial charge is 0.134 e. The van der Waals surface area contributed by atoms with Crippen molar-refractivity contribution in [3.05, 3.63) is 11.9 Å². The highest BCUT2D eigenvalue weighted by Gasteiger charge is 2.20. The van der Waals surface area contributed by atoms with Crippen LogP contribution in [0.3, 0.4) is 0 Å². The Labute approximate surface area is 115 Å². The predicted octanol–water partition coefficient (Wildman–Crippen LogP) is 1.78. The summed E-state index contributed by atoms with van der Waals surface area (Å²) in [6.07, 6.45) is 5.05. The van der Waals surface area contributed by atoms with Crippen LogP contribution in [0, 0.1) is 12.8 Å². The first-order valence-corrected chi connectivity index (χ1v) is 7.20. The second kappa shape index (κ2) is 6.70. The molecule has 0 amide bonds. The summed E-state index contributed by atoms with van der Waals surface area (Å²) in [5.41, 5.74) is 5.50. The number of hydrogen-bond acceptors (Lipinski definition) is 5. The first-order valence-electron chi connectivity index (χ1n) is 7.20. The molecule has 0 aromatic carbocycles. The third-order valence-corrected chi connectivity index (χ3v) is 3.66.